The second kappa shape index (κ2) is 6.56. The van der Waals surface area contributed by atoms with Crippen molar-refractivity contribution in [2.45, 2.75) is 46.0 Å². The number of hydrogen-bond acceptors (Lipinski definition) is 0. The molecule has 0 saturated heterocycles. The molecule has 0 heteroatoms. The van der Waals surface area contributed by atoms with Crippen LogP contribution in [0.25, 0.3) is 0 Å². The first-order valence-corrected chi connectivity index (χ1v) is 7.34. The Kier molecular flexibility index (Phi) is 4.79. The van der Waals surface area contributed by atoms with Gasteiger partial charge in [-0.2, -0.15) is 0 Å². The normalized spacial score (nSPS) is 10.9. The summed E-state index contributed by atoms with van der Waals surface area (Å²) in [7, 11) is 0. The summed E-state index contributed by atoms with van der Waals surface area (Å²) in [6.45, 7) is 6.56. The summed E-state index contributed by atoms with van der Waals surface area (Å²) in [5, 5.41) is 0. The zero-order chi connectivity index (χ0) is 13.7. The van der Waals surface area contributed by atoms with Gasteiger partial charge in [-0.05, 0) is 31.4 Å². The first-order chi connectivity index (χ1) is 9.20. The zero-order valence-corrected chi connectivity index (χ0v) is 12.3. The lowest BCUT2D eigenvalue weighted by molar-refractivity contribution is 0.650. The summed E-state index contributed by atoms with van der Waals surface area (Å²) in [6, 6.07) is 18.0. The third-order valence-electron chi connectivity index (χ3n) is 3.81. The molecule has 0 amide bonds. The molecule has 0 aliphatic rings. The van der Waals surface area contributed by atoms with Gasteiger partial charge >= 0.3 is 0 Å². The Labute approximate surface area is 117 Å². The molecule has 2 aromatic rings. The van der Waals surface area contributed by atoms with Crippen LogP contribution in [0.1, 0.15) is 54.4 Å². The summed E-state index contributed by atoms with van der Waals surface area (Å²) in [6.07, 6.45) is 3.78. The Bertz CT molecular complexity index is 445. The maximum Gasteiger partial charge on any atom is 0.00893 e. The fraction of sp³-hybridized carbons (Fsp3) is 0.368. The van der Waals surface area contributed by atoms with Crippen LogP contribution in [0.4, 0.5) is 0 Å². The largest absolute Gasteiger partial charge is 0.0654 e. The topological polar surface area (TPSA) is 0 Å². The molecule has 0 unspecified atom stereocenters. The van der Waals surface area contributed by atoms with E-state index < -0.39 is 0 Å². The number of hydrogen-bond donors (Lipinski definition) is 0. The second-order valence-corrected chi connectivity index (χ2v) is 5.52. The molecule has 0 fully saturated rings. The van der Waals surface area contributed by atoms with E-state index in [0.29, 0.717) is 5.92 Å². The van der Waals surface area contributed by atoms with E-state index in [-0.39, 0.29) is 0 Å². The summed E-state index contributed by atoms with van der Waals surface area (Å²) in [5.74, 6) is 0.543. The molecule has 0 nitrogen and oxygen atoms in total. The molecule has 0 radical (unpaired) electrons. The van der Waals surface area contributed by atoms with Crippen molar-refractivity contribution in [3.8, 4) is 0 Å². The lowest BCUT2D eigenvalue weighted by Gasteiger charge is -2.18. The van der Waals surface area contributed by atoms with Crippen molar-refractivity contribution in [2.75, 3.05) is 0 Å². The predicted molar refractivity (Wildman–Crippen MR) is 83.7 cm³/mol. The van der Waals surface area contributed by atoms with E-state index in [0.717, 1.165) is 0 Å². The second-order valence-electron chi connectivity index (χ2n) is 5.52. The van der Waals surface area contributed by atoms with Crippen LogP contribution >= 0.6 is 0 Å². The molecule has 0 aliphatic heterocycles. The molecule has 0 atom stereocenters. The van der Waals surface area contributed by atoms with Crippen molar-refractivity contribution in [3.05, 3.63) is 70.8 Å². The van der Waals surface area contributed by atoms with Crippen molar-refractivity contribution >= 4 is 0 Å². The van der Waals surface area contributed by atoms with Crippen molar-refractivity contribution in [1.82, 2.24) is 0 Å². The molecule has 0 N–H and O–H groups in total. The lowest BCUT2D eigenvalue weighted by atomic mass is 9.86. The summed E-state index contributed by atoms with van der Waals surface area (Å²) >= 11 is 0. The monoisotopic (exact) mass is 252 g/mol. The van der Waals surface area contributed by atoms with Crippen molar-refractivity contribution in [2.24, 2.45) is 0 Å². The van der Waals surface area contributed by atoms with E-state index in [1.807, 2.05) is 0 Å². The SMILES string of the molecule is CCCCC(c1ccc(C)cc1)c1ccc(C)cc1. The van der Waals surface area contributed by atoms with Crippen LogP contribution in [0.3, 0.4) is 0 Å². The van der Waals surface area contributed by atoms with Crippen LogP contribution in [-0.2, 0) is 0 Å². The molecule has 19 heavy (non-hydrogen) atoms. The average Bonchev–Trinajstić information content (AvgIpc) is 2.43. The maximum atomic E-state index is 2.29. The van der Waals surface area contributed by atoms with Gasteiger partial charge in [-0.3, -0.25) is 0 Å². The number of aryl methyl sites for hydroxylation is 2. The van der Waals surface area contributed by atoms with Gasteiger partial charge in [0.1, 0.15) is 0 Å². The predicted octanol–water partition coefficient (Wildman–Crippen LogP) is 5.63. The van der Waals surface area contributed by atoms with Crippen LogP contribution < -0.4 is 0 Å². The number of unbranched alkanes of at least 4 members (excludes halogenated alkanes) is 1. The molecule has 0 bridgehead atoms. The summed E-state index contributed by atoms with van der Waals surface area (Å²) < 4.78 is 0. The molecule has 0 spiro atoms. The fourth-order valence-corrected chi connectivity index (χ4v) is 2.53. The standard InChI is InChI=1S/C19H24/c1-4-5-6-19(17-11-7-15(2)8-12-17)18-13-9-16(3)10-14-18/h7-14,19H,4-6H2,1-3H3. The van der Waals surface area contributed by atoms with E-state index in [2.05, 4.69) is 69.3 Å². The lowest BCUT2D eigenvalue weighted by Crippen LogP contribution is -2.01. The van der Waals surface area contributed by atoms with Gasteiger partial charge in [0, 0.05) is 5.92 Å². The van der Waals surface area contributed by atoms with Gasteiger partial charge in [0.25, 0.3) is 0 Å². The van der Waals surface area contributed by atoms with Crippen molar-refractivity contribution in [1.29, 1.82) is 0 Å². The number of benzene rings is 2. The van der Waals surface area contributed by atoms with Gasteiger partial charge in [-0.25, -0.2) is 0 Å². The third kappa shape index (κ3) is 3.70. The molecule has 100 valence electrons. The summed E-state index contributed by atoms with van der Waals surface area (Å²) in [4.78, 5) is 0. The fourth-order valence-electron chi connectivity index (χ4n) is 2.53. The number of rotatable bonds is 5. The maximum absolute atomic E-state index is 2.29. The molecule has 0 aliphatic carbocycles. The third-order valence-corrected chi connectivity index (χ3v) is 3.81. The molecule has 0 heterocycles. The molecule has 2 rings (SSSR count). The van der Waals surface area contributed by atoms with Gasteiger partial charge in [0.05, 0.1) is 0 Å². The first-order valence-electron chi connectivity index (χ1n) is 7.34. The minimum Gasteiger partial charge on any atom is -0.0654 e. The zero-order valence-electron chi connectivity index (χ0n) is 12.3. The van der Waals surface area contributed by atoms with E-state index in [9.17, 15) is 0 Å². The van der Waals surface area contributed by atoms with Crippen LogP contribution in [0.2, 0.25) is 0 Å². The Hall–Kier alpha value is -1.56. The van der Waals surface area contributed by atoms with Gasteiger partial charge in [0.15, 0.2) is 0 Å². The molecular weight excluding hydrogens is 228 g/mol. The van der Waals surface area contributed by atoms with E-state index in [4.69, 9.17) is 0 Å². The highest BCUT2D eigenvalue weighted by atomic mass is 14.2. The van der Waals surface area contributed by atoms with E-state index in [1.54, 1.807) is 0 Å². The van der Waals surface area contributed by atoms with Gasteiger partial charge in [0.2, 0.25) is 0 Å². The molecule has 0 aromatic heterocycles. The average molecular weight is 252 g/mol. The van der Waals surface area contributed by atoms with Gasteiger partial charge in [-0.15, -0.1) is 0 Å². The minimum absolute atomic E-state index is 0.543. The Morgan fingerprint density at radius 3 is 1.53 bits per heavy atom. The van der Waals surface area contributed by atoms with Crippen molar-refractivity contribution in [3.63, 3.8) is 0 Å². The van der Waals surface area contributed by atoms with E-state index >= 15 is 0 Å². The minimum atomic E-state index is 0.543. The summed E-state index contributed by atoms with van der Waals surface area (Å²) in [5.41, 5.74) is 5.56. The van der Waals surface area contributed by atoms with Crippen LogP contribution in [-0.4, -0.2) is 0 Å². The highest BCUT2D eigenvalue weighted by Gasteiger charge is 2.13. The van der Waals surface area contributed by atoms with Crippen molar-refractivity contribution < 1.29 is 0 Å². The van der Waals surface area contributed by atoms with Crippen LogP contribution in [0, 0.1) is 13.8 Å². The highest BCUT2D eigenvalue weighted by Crippen LogP contribution is 2.30. The highest BCUT2D eigenvalue weighted by molar-refractivity contribution is 5.35. The van der Waals surface area contributed by atoms with Crippen LogP contribution in [0.15, 0.2) is 48.5 Å². The Morgan fingerprint density at radius 2 is 1.16 bits per heavy atom. The molecule has 0 saturated carbocycles. The quantitative estimate of drug-likeness (QED) is 0.647. The Morgan fingerprint density at radius 1 is 0.737 bits per heavy atom. The van der Waals surface area contributed by atoms with Gasteiger partial charge in [-0.1, -0.05) is 79.4 Å². The molecular formula is C19H24. The molecule has 2 aromatic carbocycles. The van der Waals surface area contributed by atoms with Crippen LogP contribution in [0.5, 0.6) is 0 Å². The smallest absolute Gasteiger partial charge is 0.00893 e. The van der Waals surface area contributed by atoms with E-state index in [1.165, 1.54) is 41.5 Å². The van der Waals surface area contributed by atoms with Gasteiger partial charge < -0.3 is 0 Å². The first kappa shape index (κ1) is 13.9. The Balaban J connectivity index is 2.29.